The van der Waals surface area contributed by atoms with Crippen LogP contribution < -0.4 is 5.73 Å². The minimum Gasteiger partial charge on any atom is -0.398 e. The average Bonchev–Trinajstić information content (AvgIpc) is 3.23. The summed E-state index contributed by atoms with van der Waals surface area (Å²) in [7, 11) is 0. The van der Waals surface area contributed by atoms with Gasteiger partial charge in [0.25, 0.3) is 0 Å². The third kappa shape index (κ3) is 2.18. The van der Waals surface area contributed by atoms with Crippen molar-refractivity contribution in [2.45, 2.75) is 25.3 Å². The van der Waals surface area contributed by atoms with Crippen molar-refractivity contribution in [1.82, 2.24) is 9.55 Å². The van der Waals surface area contributed by atoms with Gasteiger partial charge < -0.3 is 10.3 Å². The van der Waals surface area contributed by atoms with Crippen LogP contribution in [-0.2, 0) is 6.42 Å². The smallest absolute Gasteiger partial charge is 0.114 e. The van der Waals surface area contributed by atoms with E-state index in [1.807, 2.05) is 36.4 Å². The second-order valence-corrected chi connectivity index (χ2v) is 6.02. The van der Waals surface area contributed by atoms with Crippen molar-refractivity contribution < 1.29 is 0 Å². The van der Waals surface area contributed by atoms with Crippen molar-refractivity contribution >= 4 is 28.3 Å². The summed E-state index contributed by atoms with van der Waals surface area (Å²) < 4.78 is 2.31. The highest BCUT2D eigenvalue weighted by atomic mass is 35.5. The molecule has 0 spiro atoms. The fraction of sp³-hybridized carbons (Fsp3) is 0.235. The number of rotatable bonds is 3. The molecule has 1 fully saturated rings. The summed E-state index contributed by atoms with van der Waals surface area (Å²) in [4.78, 5) is 4.79. The highest BCUT2D eigenvalue weighted by Crippen LogP contribution is 2.41. The van der Waals surface area contributed by atoms with E-state index in [9.17, 15) is 0 Å². The Morgan fingerprint density at radius 3 is 2.71 bits per heavy atom. The quantitative estimate of drug-likeness (QED) is 0.736. The van der Waals surface area contributed by atoms with Crippen molar-refractivity contribution in [3.63, 3.8) is 0 Å². The lowest BCUT2D eigenvalue weighted by Gasteiger charge is -2.09. The van der Waals surface area contributed by atoms with Gasteiger partial charge in [-0.1, -0.05) is 35.9 Å². The van der Waals surface area contributed by atoms with Crippen LogP contribution in [0.2, 0.25) is 5.02 Å². The lowest BCUT2D eigenvalue weighted by molar-refractivity contribution is 0.716. The Hall–Kier alpha value is -2.00. The zero-order valence-corrected chi connectivity index (χ0v) is 12.3. The van der Waals surface area contributed by atoms with Crippen molar-refractivity contribution in [3.8, 4) is 0 Å². The van der Waals surface area contributed by atoms with Crippen LogP contribution in [0.4, 0.5) is 5.69 Å². The van der Waals surface area contributed by atoms with Crippen LogP contribution in [0, 0.1) is 0 Å². The molecule has 3 nitrogen and oxygen atoms in total. The number of aromatic nitrogens is 2. The van der Waals surface area contributed by atoms with Gasteiger partial charge in [0, 0.05) is 18.2 Å². The Balaban J connectivity index is 1.87. The number of halogens is 1. The zero-order valence-electron chi connectivity index (χ0n) is 11.6. The van der Waals surface area contributed by atoms with Crippen molar-refractivity contribution in [2.24, 2.45) is 0 Å². The third-order valence-electron chi connectivity index (χ3n) is 4.05. The molecule has 0 saturated heterocycles. The number of imidazole rings is 1. The van der Waals surface area contributed by atoms with E-state index in [2.05, 4.69) is 10.6 Å². The van der Waals surface area contributed by atoms with E-state index in [1.165, 1.54) is 12.8 Å². The molecule has 21 heavy (non-hydrogen) atoms. The lowest BCUT2D eigenvalue weighted by Crippen LogP contribution is -2.04. The van der Waals surface area contributed by atoms with Crippen LogP contribution in [0.5, 0.6) is 0 Å². The second kappa shape index (κ2) is 4.78. The van der Waals surface area contributed by atoms with E-state index >= 15 is 0 Å². The molecule has 0 amide bonds. The number of fused-ring (bicyclic) bond motifs is 1. The first-order valence-corrected chi connectivity index (χ1v) is 7.60. The predicted molar refractivity (Wildman–Crippen MR) is 86.7 cm³/mol. The highest BCUT2D eigenvalue weighted by molar-refractivity contribution is 6.35. The molecule has 106 valence electrons. The second-order valence-electron chi connectivity index (χ2n) is 5.61. The summed E-state index contributed by atoms with van der Waals surface area (Å²) in [5.74, 6) is 1.05. The van der Waals surface area contributed by atoms with Crippen molar-refractivity contribution in [3.05, 3.63) is 58.9 Å². The number of nitrogens with zero attached hydrogens (tertiary/aromatic N) is 2. The van der Waals surface area contributed by atoms with Crippen LogP contribution in [-0.4, -0.2) is 9.55 Å². The van der Waals surface area contributed by atoms with Gasteiger partial charge in [0.1, 0.15) is 5.82 Å². The van der Waals surface area contributed by atoms with E-state index in [0.29, 0.717) is 6.04 Å². The molecule has 2 N–H and O–H groups in total. The molecule has 1 heterocycles. The molecular formula is C17H16ClN3. The number of nitrogen functional groups attached to an aromatic ring is 1. The van der Waals surface area contributed by atoms with Gasteiger partial charge in [-0.25, -0.2) is 4.98 Å². The molecule has 0 bridgehead atoms. The van der Waals surface area contributed by atoms with Crippen LogP contribution >= 0.6 is 11.6 Å². The fourth-order valence-corrected chi connectivity index (χ4v) is 3.13. The SMILES string of the molecule is Nc1ccccc1Cc1nc2cccc(Cl)c2n1C1CC1. The fourth-order valence-electron chi connectivity index (χ4n) is 2.87. The molecule has 0 aliphatic heterocycles. The molecule has 2 aromatic carbocycles. The Morgan fingerprint density at radius 2 is 1.95 bits per heavy atom. The van der Waals surface area contributed by atoms with Gasteiger partial charge in [-0.05, 0) is 36.6 Å². The summed E-state index contributed by atoms with van der Waals surface area (Å²) in [6.07, 6.45) is 3.15. The summed E-state index contributed by atoms with van der Waals surface area (Å²) >= 11 is 6.40. The maximum atomic E-state index is 6.40. The van der Waals surface area contributed by atoms with Crippen molar-refractivity contribution in [1.29, 1.82) is 0 Å². The molecule has 3 aromatic rings. The predicted octanol–water partition coefficient (Wildman–Crippen LogP) is 4.20. The van der Waals surface area contributed by atoms with E-state index in [-0.39, 0.29) is 0 Å². The van der Waals surface area contributed by atoms with Gasteiger partial charge in [-0.3, -0.25) is 0 Å². The van der Waals surface area contributed by atoms with Crippen LogP contribution in [0.1, 0.15) is 30.3 Å². The maximum Gasteiger partial charge on any atom is 0.114 e. The Morgan fingerprint density at radius 1 is 1.14 bits per heavy atom. The van der Waals surface area contributed by atoms with Crippen LogP contribution in [0.15, 0.2) is 42.5 Å². The number of nitrogens with two attached hydrogens (primary N) is 1. The Bertz CT molecular complexity index is 818. The minimum atomic E-state index is 0.537. The Kier molecular flexibility index (Phi) is 2.89. The zero-order chi connectivity index (χ0) is 14.4. The normalized spacial score (nSPS) is 14.7. The molecule has 0 atom stereocenters. The first kappa shape index (κ1) is 12.7. The van der Waals surface area contributed by atoms with Gasteiger partial charge in [0.15, 0.2) is 0 Å². The molecule has 4 heteroatoms. The van der Waals surface area contributed by atoms with Gasteiger partial charge in [0.2, 0.25) is 0 Å². The minimum absolute atomic E-state index is 0.537. The van der Waals surface area contributed by atoms with Gasteiger partial charge in [-0.15, -0.1) is 0 Å². The summed E-state index contributed by atoms with van der Waals surface area (Å²) in [5.41, 5.74) is 10.0. The van der Waals surface area contributed by atoms with Gasteiger partial charge in [0.05, 0.1) is 16.1 Å². The molecule has 1 aromatic heterocycles. The summed E-state index contributed by atoms with van der Waals surface area (Å²) in [6, 6.07) is 14.4. The molecule has 1 aliphatic rings. The lowest BCUT2D eigenvalue weighted by atomic mass is 10.1. The molecule has 1 saturated carbocycles. The third-order valence-corrected chi connectivity index (χ3v) is 4.35. The largest absolute Gasteiger partial charge is 0.398 e. The van der Waals surface area contributed by atoms with Crippen LogP contribution in [0.25, 0.3) is 11.0 Å². The number of para-hydroxylation sites is 2. The number of hydrogen-bond acceptors (Lipinski definition) is 2. The van der Waals surface area contributed by atoms with Crippen LogP contribution in [0.3, 0.4) is 0 Å². The van der Waals surface area contributed by atoms with E-state index < -0.39 is 0 Å². The summed E-state index contributed by atoms with van der Waals surface area (Å²) in [6.45, 7) is 0. The topological polar surface area (TPSA) is 43.8 Å². The first-order chi connectivity index (χ1) is 10.2. The van der Waals surface area contributed by atoms with E-state index in [1.54, 1.807) is 0 Å². The molecule has 4 rings (SSSR count). The standard InChI is InChI=1S/C17H16ClN3/c18-13-5-3-7-15-17(13)21(12-8-9-12)16(20-15)10-11-4-1-2-6-14(11)19/h1-7,12H,8-10,19H2. The summed E-state index contributed by atoms with van der Waals surface area (Å²) in [5, 5.41) is 0.777. The Labute approximate surface area is 128 Å². The molecule has 0 radical (unpaired) electrons. The average molecular weight is 298 g/mol. The monoisotopic (exact) mass is 297 g/mol. The molecule has 1 aliphatic carbocycles. The van der Waals surface area contributed by atoms with E-state index in [4.69, 9.17) is 22.3 Å². The molecular weight excluding hydrogens is 282 g/mol. The van der Waals surface area contributed by atoms with Crippen molar-refractivity contribution in [2.75, 3.05) is 5.73 Å². The van der Waals surface area contributed by atoms with E-state index in [0.717, 1.165) is 39.6 Å². The van der Waals surface area contributed by atoms with Gasteiger partial charge in [-0.2, -0.15) is 0 Å². The number of anilines is 1. The molecule has 0 unspecified atom stereocenters. The van der Waals surface area contributed by atoms with Gasteiger partial charge >= 0.3 is 0 Å². The highest BCUT2D eigenvalue weighted by Gasteiger charge is 2.29. The number of hydrogen-bond donors (Lipinski definition) is 1. The first-order valence-electron chi connectivity index (χ1n) is 7.23. The number of benzene rings is 2. The maximum absolute atomic E-state index is 6.40.